The van der Waals surface area contributed by atoms with Gasteiger partial charge in [0.05, 0.1) is 12.8 Å². The quantitative estimate of drug-likeness (QED) is 0.374. The van der Waals surface area contributed by atoms with E-state index in [-0.39, 0.29) is 5.82 Å². The van der Waals surface area contributed by atoms with Crippen molar-refractivity contribution in [1.82, 2.24) is 10.7 Å². The number of rotatable bonds is 5. The summed E-state index contributed by atoms with van der Waals surface area (Å²) in [5, 5.41) is 7.07. The van der Waals surface area contributed by atoms with Crippen LogP contribution in [0, 0.1) is 5.82 Å². The summed E-state index contributed by atoms with van der Waals surface area (Å²) in [5.74, 6) is -0.354. The molecule has 4 nitrogen and oxygen atoms in total. The zero-order valence-electron chi connectivity index (χ0n) is 9.74. The maximum Gasteiger partial charge on any atom is 0.187 e. The molecule has 98 valence electrons. The Labute approximate surface area is 119 Å². The highest BCUT2D eigenvalue weighted by Gasteiger charge is 1.99. The van der Waals surface area contributed by atoms with Crippen molar-refractivity contribution < 1.29 is 9.13 Å². The van der Waals surface area contributed by atoms with Gasteiger partial charge < -0.3 is 10.1 Å². The average Bonchev–Trinajstić information content (AvgIpc) is 2.32. The Morgan fingerprint density at radius 3 is 3.06 bits per heavy atom. The van der Waals surface area contributed by atoms with E-state index in [1.54, 1.807) is 19.2 Å². The molecule has 0 radical (unpaired) electrons. The lowest BCUT2D eigenvalue weighted by Gasteiger charge is -2.05. The number of hydrogen-bond donors (Lipinski definition) is 2. The lowest BCUT2D eigenvalue weighted by atomic mass is 10.2. The van der Waals surface area contributed by atoms with E-state index in [9.17, 15) is 4.39 Å². The van der Waals surface area contributed by atoms with Gasteiger partial charge in [-0.15, -0.1) is 0 Å². The van der Waals surface area contributed by atoms with Crippen molar-refractivity contribution in [3.05, 3.63) is 34.1 Å². The van der Waals surface area contributed by atoms with E-state index in [2.05, 4.69) is 31.8 Å². The maximum atomic E-state index is 13.4. The Morgan fingerprint density at radius 2 is 2.39 bits per heavy atom. The van der Waals surface area contributed by atoms with Crippen LogP contribution in [0.2, 0.25) is 0 Å². The standard InChI is InChI=1S/C11H13BrFN3OS/c1-17-5-4-14-11(18)16-15-7-8-2-3-9(12)6-10(8)13/h2-3,6-7H,4-5H2,1H3,(H2,14,16,18)/b15-7-. The van der Waals surface area contributed by atoms with E-state index < -0.39 is 0 Å². The molecule has 0 saturated heterocycles. The highest BCUT2D eigenvalue weighted by Crippen LogP contribution is 2.13. The number of hydrazone groups is 1. The van der Waals surface area contributed by atoms with Gasteiger partial charge in [0.2, 0.25) is 0 Å². The first-order valence-corrected chi connectivity index (χ1v) is 6.34. The molecule has 0 aliphatic rings. The Kier molecular flexibility index (Phi) is 6.77. The van der Waals surface area contributed by atoms with E-state index in [4.69, 9.17) is 17.0 Å². The summed E-state index contributed by atoms with van der Waals surface area (Å²) in [6.45, 7) is 1.14. The Balaban J connectivity index is 2.42. The lowest BCUT2D eigenvalue weighted by Crippen LogP contribution is -2.34. The third-order valence-corrected chi connectivity index (χ3v) is 2.65. The van der Waals surface area contributed by atoms with Crippen LogP contribution in [0.3, 0.4) is 0 Å². The van der Waals surface area contributed by atoms with Crippen molar-refractivity contribution in [2.45, 2.75) is 0 Å². The van der Waals surface area contributed by atoms with Crippen molar-refractivity contribution >= 4 is 39.5 Å². The number of halogens is 2. The largest absolute Gasteiger partial charge is 0.383 e. The molecular weight excluding hydrogens is 321 g/mol. The van der Waals surface area contributed by atoms with Gasteiger partial charge in [-0.1, -0.05) is 15.9 Å². The normalized spacial score (nSPS) is 10.6. The van der Waals surface area contributed by atoms with E-state index >= 15 is 0 Å². The Hall–Kier alpha value is -1.05. The molecule has 0 aliphatic carbocycles. The SMILES string of the molecule is COCCNC(=S)N/N=C\c1ccc(Br)cc1F. The fourth-order valence-electron chi connectivity index (χ4n) is 1.07. The van der Waals surface area contributed by atoms with Crippen LogP contribution in [0.1, 0.15) is 5.56 Å². The molecule has 0 bridgehead atoms. The van der Waals surface area contributed by atoms with Crippen molar-refractivity contribution in [3.63, 3.8) is 0 Å². The maximum absolute atomic E-state index is 13.4. The summed E-state index contributed by atoms with van der Waals surface area (Å²) in [6.07, 6.45) is 1.37. The number of hydrogen-bond acceptors (Lipinski definition) is 3. The van der Waals surface area contributed by atoms with Crippen LogP contribution in [0.25, 0.3) is 0 Å². The first kappa shape index (κ1) is 15.0. The van der Waals surface area contributed by atoms with Gasteiger partial charge in [-0.3, -0.25) is 5.43 Å². The Bertz CT molecular complexity index is 442. The summed E-state index contributed by atoms with van der Waals surface area (Å²) in [4.78, 5) is 0. The van der Waals surface area contributed by atoms with Crippen LogP contribution in [0.4, 0.5) is 4.39 Å². The number of methoxy groups -OCH3 is 1. The summed E-state index contributed by atoms with van der Waals surface area (Å²) >= 11 is 8.12. The second-order valence-electron chi connectivity index (χ2n) is 3.28. The fourth-order valence-corrected chi connectivity index (χ4v) is 1.56. The van der Waals surface area contributed by atoms with Gasteiger partial charge in [0.25, 0.3) is 0 Å². The predicted octanol–water partition coefficient (Wildman–Crippen LogP) is 2.03. The van der Waals surface area contributed by atoms with Crippen molar-refractivity contribution in [3.8, 4) is 0 Å². The molecule has 0 unspecified atom stereocenters. The second kappa shape index (κ2) is 8.12. The summed E-state index contributed by atoms with van der Waals surface area (Å²) in [6, 6.07) is 4.72. The number of thiocarbonyl (C=S) groups is 1. The van der Waals surface area contributed by atoms with Gasteiger partial charge in [0.1, 0.15) is 5.82 Å². The molecule has 7 heteroatoms. The highest BCUT2D eigenvalue weighted by molar-refractivity contribution is 9.10. The molecule has 0 amide bonds. The van der Waals surface area contributed by atoms with E-state index in [1.807, 2.05) is 0 Å². The summed E-state index contributed by atoms with van der Waals surface area (Å²) < 4.78 is 18.9. The summed E-state index contributed by atoms with van der Waals surface area (Å²) in [5.41, 5.74) is 2.97. The number of nitrogens with zero attached hydrogens (tertiary/aromatic N) is 1. The molecule has 0 spiro atoms. The third-order valence-electron chi connectivity index (χ3n) is 1.92. The smallest absolute Gasteiger partial charge is 0.187 e. The minimum absolute atomic E-state index is 0.354. The lowest BCUT2D eigenvalue weighted by molar-refractivity contribution is 0.204. The number of nitrogens with one attached hydrogen (secondary N) is 2. The fraction of sp³-hybridized carbons (Fsp3) is 0.273. The van der Waals surface area contributed by atoms with Crippen LogP contribution in [-0.4, -0.2) is 31.6 Å². The molecule has 0 fully saturated rings. The van der Waals surface area contributed by atoms with E-state index in [0.717, 1.165) is 0 Å². The number of benzene rings is 1. The first-order valence-electron chi connectivity index (χ1n) is 5.14. The van der Waals surface area contributed by atoms with Crippen molar-refractivity contribution in [1.29, 1.82) is 0 Å². The van der Waals surface area contributed by atoms with E-state index in [1.165, 1.54) is 12.3 Å². The molecule has 0 atom stereocenters. The molecule has 0 heterocycles. The van der Waals surface area contributed by atoms with Gasteiger partial charge in [-0.05, 0) is 30.4 Å². The molecule has 1 aromatic rings. The molecular formula is C11H13BrFN3OS. The van der Waals surface area contributed by atoms with Gasteiger partial charge in [-0.2, -0.15) is 5.10 Å². The molecule has 0 aliphatic heterocycles. The second-order valence-corrected chi connectivity index (χ2v) is 4.61. The molecule has 18 heavy (non-hydrogen) atoms. The third kappa shape index (κ3) is 5.52. The van der Waals surface area contributed by atoms with Crippen molar-refractivity contribution in [2.24, 2.45) is 5.10 Å². The zero-order chi connectivity index (χ0) is 13.4. The van der Waals surface area contributed by atoms with Gasteiger partial charge >= 0.3 is 0 Å². The molecule has 1 rings (SSSR count). The van der Waals surface area contributed by atoms with Crippen LogP contribution < -0.4 is 10.7 Å². The minimum atomic E-state index is -0.354. The summed E-state index contributed by atoms with van der Waals surface area (Å²) in [7, 11) is 1.60. The van der Waals surface area contributed by atoms with E-state index in [0.29, 0.717) is 28.3 Å². The molecule has 1 aromatic carbocycles. The van der Waals surface area contributed by atoms with Gasteiger partial charge in [0.15, 0.2) is 5.11 Å². The topological polar surface area (TPSA) is 45.6 Å². The molecule has 0 saturated carbocycles. The zero-order valence-corrected chi connectivity index (χ0v) is 12.1. The molecule has 2 N–H and O–H groups in total. The predicted molar refractivity (Wildman–Crippen MR) is 77.3 cm³/mol. The highest BCUT2D eigenvalue weighted by atomic mass is 79.9. The van der Waals surface area contributed by atoms with Gasteiger partial charge in [0, 0.05) is 23.7 Å². The van der Waals surface area contributed by atoms with Crippen LogP contribution in [0.15, 0.2) is 27.8 Å². The van der Waals surface area contributed by atoms with Gasteiger partial charge in [-0.25, -0.2) is 4.39 Å². The average molecular weight is 334 g/mol. The monoisotopic (exact) mass is 333 g/mol. The molecule has 0 aromatic heterocycles. The number of ether oxygens (including phenoxy) is 1. The Morgan fingerprint density at radius 1 is 1.61 bits per heavy atom. The van der Waals surface area contributed by atoms with Crippen LogP contribution in [-0.2, 0) is 4.74 Å². The van der Waals surface area contributed by atoms with Crippen LogP contribution >= 0.6 is 28.1 Å². The van der Waals surface area contributed by atoms with Crippen LogP contribution in [0.5, 0.6) is 0 Å². The van der Waals surface area contributed by atoms with Crippen molar-refractivity contribution in [2.75, 3.05) is 20.3 Å². The minimum Gasteiger partial charge on any atom is -0.383 e. The first-order chi connectivity index (χ1) is 8.63.